The summed E-state index contributed by atoms with van der Waals surface area (Å²) in [5.74, 6) is -1.99. The Bertz CT molecular complexity index is 1570. The molecule has 0 saturated carbocycles. The second kappa shape index (κ2) is 8.85. The van der Waals surface area contributed by atoms with Gasteiger partial charge in [-0.1, -0.05) is 57.2 Å². The van der Waals surface area contributed by atoms with E-state index in [1.54, 1.807) is 35.1 Å². The first-order valence-corrected chi connectivity index (χ1v) is 11.5. The van der Waals surface area contributed by atoms with Crippen LogP contribution in [0.15, 0.2) is 89.6 Å². The molecular weight excluding hydrogens is 454 g/mol. The van der Waals surface area contributed by atoms with Crippen LogP contribution in [0.2, 0.25) is 0 Å². The van der Waals surface area contributed by atoms with Gasteiger partial charge in [0.25, 0.3) is 5.91 Å². The Balaban J connectivity index is 1.50. The van der Waals surface area contributed by atoms with Crippen molar-refractivity contribution in [1.29, 1.82) is 0 Å². The summed E-state index contributed by atoms with van der Waals surface area (Å²) in [5.41, 5.74) is 4.54. The first-order valence-electron chi connectivity index (χ1n) is 11.5. The molecule has 36 heavy (non-hydrogen) atoms. The van der Waals surface area contributed by atoms with E-state index in [0.29, 0.717) is 16.5 Å². The molecule has 5 rings (SSSR count). The van der Waals surface area contributed by atoms with Gasteiger partial charge in [-0.3, -0.25) is 4.79 Å². The van der Waals surface area contributed by atoms with Gasteiger partial charge in [0.1, 0.15) is 11.3 Å². The number of rotatable bonds is 5. The number of aromatic nitrogens is 2. The molecule has 180 valence electrons. The molecule has 2 aromatic heterocycles. The fourth-order valence-electron chi connectivity index (χ4n) is 4.05. The predicted molar refractivity (Wildman–Crippen MR) is 139 cm³/mol. The topological polar surface area (TPSA) is 97.4 Å². The lowest BCUT2D eigenvalue weighted by Gasteiger charge is -2.19. The zero-order valence-corrected chi connectivity index (χ0v) is 20.1. The largest absolute Gasteiger partial charge is 0.475 e. The number of anilines is 1. The van der Waals surface area contributed by atoms with Crippen LogP contribution in [0.25, 0.3) is 27.8 Å². The van der Waals surface area contributed by atoms with E-state index < -0.39 is 11.9 Å². The average Bonchev–Trinajstić information content (AvgIpc) is 3.49. The first kappa shape index (κ1) is 23.1. The van der Waals surface area contributed by atoms with Crippen LogP contribution in [0.5, 0.6) is 0 Å². The zero-order chi connectivity index (χ0) is 25.4. The number of carbonyl (C=O) groups is 2. The number of para-hydroxylation sites is 1. The van der Waals surface area contributed by atoms with Crippen LogP contribution in [0, 0.1) is 0 Å². The fraction of sp³-hybridized carbons (Fsp3) is 0.138. The van der Waals surface area contributed by atoms with Gasteiger partial charge >= 0.3 is 5.97 Å². The van der Waals surface area contributed by atoms with Crippen LogP contribution >= 0.6 is 0 Å². The maximum Gasteiger partial charge on any atom is 0.374 e. The molecule has 2 heterocycles. The van der Waals surface area contributed by atoms with E-state index in [1.807, 2.05) is 54.7 Å². The Kier molecular flexibility index (Phi) is 5.68. The van der Waals surface area contributed by atoms with E-state index in [-0.39, 0.29) is 16.9 Å². The summed E-state index contributed by atoms with van der Waals surface area (Å²) < 4.78 is 7.36. The number of carboxylic acid groups (broad SMARTS) is 1. The maximum atomic E-state index is 13.0. The smallest absolute Gasteiger partial charge is 0.374 e. The number of furan rings is 1. The molecule has 3 aromatic carbocycles. The molecule has 0 aliphatic rings. The molecule has 0 aliphatic carbocycles. The SMILES string of the molecule is CC(C)(C)c1ccc(C(=O)Nc2c(C(=O)O)oc3ccc(-c4cnn(-c5ccccc5)c4)cc23)cc1. The van der Waals surface area contributed by atoms with Crippen molar-refractivity contribution in [2.75, 3.05) is 5.32 Å². The third-order valence-corrected chi connectivity index (χ3v) is 6.07. The minimum absolute atomic E-state index is 0.0447. The molecule has 0 radical (unpaired) electrons. The van der Waals surface area contributed by atoms with E-state index in [1.165, 1.54) is 0 Å². The van der Waals surface area contributed by atoms with Crippen molar-refractivity contribution in [3.8, 4) is 16.8 Å². The Morgan fingerprint density at radius 2 is 1.67 bits per heavy atom. The van der Waals surface area contributed by atoms with Gasteiger partial charge in [-0.05, 0) is 52.9 Å². The zero-order valence-electron chi connectivity index (χ0n) is 20.1. The minimum atomic E-state index is -1.26. The summed E-state index contributed by atoms with van der Waals surface area (Å²) in [4.78, 5) is 25.0. The molecule has 0 bridgehead atoms. The molecule has 2 N–H and O–H groups in total. The number of benzene rings is 3. The molecule has 7 nitrogen and oxygen atoms in total. The van der Waals surface area contributed by atoms with Gasteiger partial charge in [0, 0.05) is 22.7 Å². The third-order valence-electron chi connectivity index (χ3n) is 6.07. The number of carboxylic acids is 1. The third kappa shape index (κ3) is 4.38. The van der Waals surface area contributed by atoms with Gasteiger partial charge in [0.05, 0.1) is 11.9 Å². The average molecular weight is 480 g/mol. The Hall–Kier alpha value is -4.65. The molecule has 0 spiro atoms. The molecule has 0 saturated heterocycles. The highest BCUT2D eigenvalue weighted by Gasteiger charge is 2.23. The lowest BCUT2D eigenvalue weighted by atomic mass is 9.87. The van der Waals surface area contributed by atoms with Crippen LogP contribution in [-0.4, -0.2) is 26.8 Å². The van der Waals surface area contributed by atoms with Crippen molar-refractivity contribution < 1.29 is 19.1 Å². The van der Waals surface area contributed by atoms with Gasteiger partial charge in [-0.2, -0.15) is 5.10 Å². The van der Waals surface area contributed by atoms with E-state index in [9.17, 15) is 14.7 Å². The van der Waals surface area contributed by atoms with Gasteiger partial charge in [-0.15, -0.1) is 0 Å². The normalized spacial score (nSPS) is 11.5. The Morgan fingerprint density at radius 1 is 0.944 bits per heavy atom. The number of hydrogen-bond donors (Lipinski definition) is 2. The summed E-state index contributed by atoms with van der Waals surface area (Å²) in [5, 5.41) is 17.4. The van der Waals surface area contributed by atoms with Crippen molar-refractivity contribution in [3.63, 3.8) is 0 Å². The van der Waals surface area contributed by atoms with E-state index >= 15 is 0 Å². The molecule has 0 fully saturated rings. The van der Waals surface area contributed by atoms with Gasteiger partial charge in [-0.25, -0.2) is 9.48 Å². The van der Waals surface area contributed by atoms with Crippen molar-refractivity contribution in [1.82, 2.24) is 9.78 Å². The second-order valence-electron chi connectivity index (χ2n) is 9.61. The van der Waals surface area contributed by atoms with Crippen molar-refractivity contribution in [2.24, 2.45) is 0 Å². The lowest BCUT2D eigenvalue weighted by molar-refractivity contribution is 0.0666. The highest BCUT2D eigenvalue weighted by molar-refractivity contribution is 6.13. The van der Waals surface area contributed by atoms with E-state index in [0.717, 1.165) is 22.4 Å². The molecule has 5 aromatic rings. The summed E-state index contributed by atoms with van der Waals surface area (Å²) in [7, 11) is 0. The number of carbonyl (C=O) groups excluding carboxylic acids is 1. The lowest BCUT2D eigenvalue weighted by Crippen LogP contribution is -2.15. The molecular formula is C29H25N3O4. The number of amides is 1. The highest BCUT2D eigenvalue weighted by atomic mass is 16.4. The Morgan fingerprint density at radius 3 is 2.33 bits per heavy atom. The van der Waals surface area contributed by atoms with Gasteiger partial charge < -0.3 is 14.8 Å². The Labute approximate surface area is 208 Å². The number of nitrogens with zero attached hydrogens (tertiary/aromatic N) is 2. The number of nitrogens with one attached hydrogen (secondary N) is 1. The molecule has 0 atom stereocenters. The summed E-state index contributed by atoms with van der Waals surface area (Å²) >= 11 is 0. The highest BCUT2D eigenvalue weighted by Crippen LogP contribution is 2.35. The number of aromatic carboxylic acids is 1. The van der Waals surface area contributed by atoms with Crippen molar-refractivity contribution >= 4 is 28.5 Å². The van der Waals surface area contributed by atoms with Crippen LogP contribution in [0.3, 0.4) is 0 Å². The van der Waals surface area contributed by atoms with Crippen LogP contribution in [0.1, 0.15) is 47.2 Å². The second-order valence-corrected chi connectivity index (χ2v) is 9.61. The molecule has 7 heteroatoms. The summed E-state index contributed by atoms with van der Waals surface area (Å²) in [6.45, 7) is 6.29. The van der Waals surface area contributed by atoms with Crippen molar-refractivity contribution in [2.45, 2.75) is 26.2 Å². The van der Waals surface area contributed by atoms with E-state index in [4.69, 9.17) is 4.42 Å². The molecule has 0 aliphatic heterocycles. The van der Waals surface area contributed by atoms with Crippen LogP contribution in [-0.2, 0) is 5.41 Å². The number of fused-ring (bicyclic) bond motifs is 1. The maximum absolute atomic E-state index is 13.0. The van der Waals surface area contributed by atoms with Gasteiger partial charge in [0.15, 0.2) is 0 Å². The summed E-state index contributed by atoms with van der Waals surface area (Å²) in [6, 6.07) is 22.3. The minimum Gasteiger partial charge on any atom is -0.475 e. The fourth-order valence-corrected chi connectivity index (χ4v) is 4.05. The quantitative estimate of drug-likeness (QED) is 0.299. The van der Waals surface area contributed by atoms with Crippen LogP contribution in [0.4, 0.5) is 5.69 Å². The number of hydrogen-bond acceptors (Lipinski definition) is 4. The van der Waals surface area contributed by atoms with E-state index in [2.05, 4.69) is 31.2 Å². The van der Waals surface area contributed by atoms with Crippen molar-refractivity contribution in [3.05, 3.63) is 102 Å². The molecule has 0 unspecified atom stereocenters. The molecule has 1 amide bonds. The summed E-state index contributed by atoms with van der Waals surface area (Å²) in [6.07, 6.45) is 3.63. The van der Waals surface area contributed by atoms with Gasteiger partial charge in [0.2, 0.25) is 5.76 Å². The van der Waals surface area contributed by atoms with Crippen LogP contribution < -0.4 is 5.32 Å². The monoisotopic (exact) mass is 479 g/mol. The predicted octanol–water partition coefficient (Wildman–Crippen LogP) is 6.53. The first-order chi connectivity index (χ1) is 17.2. The standard InChI is InChI=1S/C29H25N3O4/c1-29(2,3)21-12-9-18(10-13-21)27(33)31-25-23-15-19(11-14-24(23)36-26(25)28(34)35)20-16-30-32(17-20)22-7-5-4-6-8-22/h4-17H,1-3H3,(H,31,33)(H,34,35).